The van der Waals surface area contributed by atoms with Gasteiger partial charge in [-0.05, 0) is 30.3 Å². The molecule has 2 aliphatic rings. The fourth-order valence-electron chi connectivity index (χ4n) is 4.48. The van der Waals surface area contributed by atoms with E-state index in [1.165, 1.54) is 23.5 Å². The molecule has 1 amide bonds. The third-order valence-corrected chi connectivity index (χ3v) is 7.10. The van der Waals surface area contributed by atoms with Gasteiger partial charge in [0.05, 0.1) is 30.0 Å². The van der Waals surface area contributed by atoms with Crippen LogP contribution < -0.4 is 14.4 Å². The van der Waals surface area contributed by atoms with Crippen LogP contribution in [0.25, 0.3) is 10.2 Å². The Morgan fingerprint density at radius 2 is 1.83 bits per heavy atom. The lowest BCUT2D eigenvalue weighted by Crippen LogP contribution is -2.33. The van der Waals surface area contributed by atoms with E-state index in [2.05, 4.69) is 9.88 Å². The van der Waals surface area contributed by atoms with Gasteiger partial charge in [-0.1, -0.05) is 11.3 Å². The van der Waals surface area contributed by atoms with Gasteiger partial charge in [-0.2, -0.15) is 0 Å². The highest BCUT2D eigenvalue weighted by molar-refractivity contribution is 7.22. The number of nitrogens with zero attached hydrogens (tertiary/aromatic N) is 3. The Morgan fingerprint density at radius 1 is 1.07 bits per heavy atom. The van der Waals surface area contributed by atoms with Crippen molar-refractivity contribution in [2.45, 2.75) is 0 Å². The van der Waals surface area contributed by atoms with Gasteiger partial charge in [0.25, 0.3) is 5.91 Å². The van der Waals surface area contributed by atoms with Crippen LogP contribution >= 0.6 is 11.3 Å². The van der Waals surface area contributed by atoms with Crippen LogP contribution in [0.3, 0.4) is 0 Å². The number of ether oxygens (including phenoxy) is 2. The predicted molar refractivity (Wildman–Crippen MR) is 114 cm³/mol. The Kier molecular flexibility index (Phi) is 4.73. The zero-order chi connectivity index (χ0) is 20.8. The quantitative estimate of drug-likeness (QED) is 0.636. The number of hydrogen-bond acceptors (Lipinski definition) is 6. The van der Waals surface area contributed by atoms with Crippen molar-refractivity contribution in [3.63, 3.8) is 0 Å². The highest BCUT2D eigenvalue weighted by atomic mass is 32.1. The molecule has 156 valence electrons. The minimum Gasteiger partial charge on any atom is -0.497 e. The summed E-state index contributed by atoms with van der Waals surface area (Å²) < 4.78 is 25.0. The molecule has 2 saturated heterocycles. The molecule has 0 bridgehead atoms. The summed E-state index contributed by atoms with van der Waals surface area (Å²) in [6.45, 7) is 3.15. The molecule has 2 atom stereocenters. The summed E-state index contributed by atoms with van der Waals surface area (Å²) in [4.78, 5) is 22.0. The van der Waals surface area contributed by atoms with Gasteiger partial charge in [0.2, 0.25) is 0 Å². The number of aromatic nitrogens is 1. The Bertz CT molecular complexity index is 1100. The maximum Gasteiger partial charge on any atom is 0.257 e. The molecule has 0 unspecified atom stereocenters. The number of carbonyl (C=O) groups is 1. The van der Waals surface area contributed by atoms with E-state index in [1.54, 1.807) is 38.5 Å². The normalized spacial score (nSPS) is 20.6. The van der Waals surface area contributed by atoms with E-state index >= 15 is 0 Å². The lowest BCUT2D eigenvalue weighted by Gasteiger charge is -2.22. The van der Waals surface area contributed by atoms with Crippen LogP contribution in [-0.2, 0) is 0 Å². The van der Waals surface area contributed by atoms with Crippen LogP contribution in [0.5, 0.6) is 11.5 Å². The monoisotopic (exact) mass is 427 g/mol. The Labute approximate surface area is 177 Å². The van der Waals surface area contributed by atoms with Crippen molar-refractivity contribution < 1.29 is 18.7 Å². The van der Waals surface area contributed by atoms with Crippen molar-refractivity contribution in [3.05, 3.63) is 47.8 Å². The average molecular weight is 428 g/mol. The number of methoxy groups -OCH3 is 2. The number of thiazole rings is 1. The fraction of sp³-hybridized carbons (Fsp3) is 0.364. The van der Waals surface area contributed by atoms with E-state index in [9.17, 15) is 9.18 Å². The zero-order valence-corrected chi connectivity index (χ0v) is 17.6. The summed E-state index contributed by atoms with van der Waals surface area (Å²) >= 11 is 1.53. The lowest BCUT2D eigenvalue weighted by molar-refractivity contribution is 0.0779. The van der Waals surface area contributed by atoms with Crippen molar-refractivity contribution in [2.75, 3.05) is 45.3 Å². The number of rotatable bonds is 4. The topological polar surface area (TPSA) is 54.9 Å². The number of fused-ring (bicyclic) bond motifs is 2. The van der Waals surface area contributed by atoms with Gasteiger partial charge in [-0.15, -0.1) is 0 Å². The predicted octanol–water partition coefficient (Wildman–Crippen LogP) is 3.66. The van der Waals surface area contributed by atoms with E-state index in [0.29, 0.717) is 42.0 Å². The van der Waals surface area contributed by atoms with Crippen LogP contribution in [-0.4, -0.2) is 56.2 Å². The molecule has 8 heteroatoms. The van der Waals surface area contributed by atoms with Gasteiger partial charge in [0.15, 0.2) is 5.13 Å². The Hall–Kier alpha value is -2.87. The number of likely N-dealkylation sites (tertiary alicyclic amines) is 1. The summed E-state index contributed by atoms with van der Waals surface area (Å²) in [7, 11) is 3.15. The molecule has 0 spiro atoms. The summed E-state index contributed by atoms with van der Waals surface area (Å²) in [6, 6.07) is 9.99. The zero-order valence-electron chi connectivity index (χ0n) is 16.8. The standard InChI is InChI=1S/C22H22FN3O3S/c1-28-16-4-5-17(19(8-16)29-2)21(27)25-9-13-11-26(12-14(13)10-25)22-24-18-6-3-15(23)7-20(18)30-22/h3-8,13-14H,9-12H2,1-2H3/t13-,14+. The van der Waals surface area contributed by atoms with Crippen molar-refractivity contribution in [2.24, 2.45) is 11.8 Å². The first-order valence-electron chi connectivity index (χ1n) is 9.88. The molecule has 0 radical (unpaired) electrons. The third-order valence-electron chi connectivity index (χ3n) is 6.02. The van der Waals surface area contributed by atoms with Gasteiger partial charge in [0, 0.05) is 44.1 Å². The van der Waals surface area contributed by atoms with Crippen molar-refractivity contribution in [1.82, 2.24) is 9.88 Å². The molecule has 3 heterocycles. The summed E-state index contributed by atoms with van der Waals surface area (Å²) in [5, 5.41) is 0.930. The van der Waals surface area contributed by atoms with E-state index < -0.39 is 0 Å². The highest BCUT2D eigenvalue weighted by Gasteiger charge is 2.42. The second-order valence-electron chi connectivity index (χ2n) is 7.81. The van der Waals surface area contributed by atoms with Crippen molar-refractivity contribution in [3.8, 4) is 11.5 Å². The third kappa shape index (κ3) is 3.25. The molecule has 0 aliphatic carbocycles. The molecular formula is C22H22FN3O3S. The average Bonchev–Trinajstić information content (AvgIpc) is 3.44. The van der Waals surface area contributed by atoms with E-state index in [-0.39, 0.29) is 11.7 Å². The lowest BCUT2D eigenvalue weighted by atomic mass is 10.0. The fourth-order valence-corrected chi connectivity index (χ4v) is 5.49. The van der Waals surface area contributed by atoms with E-state index in [1.807, 2.05) is 4.90 Å². The summed E-state index contributed by atoms with van der Waals surface area (Å²) in [5.41, 5.74) is 1.39. The number of benzene rings is 2. The molecule has 0 N–H and O–H groups in total. The molecule has 5 rings (SSSR count). The Balaban J connectivity index is 1.29. The molecular weight excluding hydrogens is 405 g/mol. The van der Waals surface area contributed by atoms with Gasteiger partial charge in [-0.3, -0.25) is 4.79 Å². The second-order valence-corrected chi connectivity index (χ2v) is 8.82. The molecule has 0 saturated carbocycles. The van der Waals surface area contributed by atoms with Crippen molar-refractivity contribution >= 4 is 32.6 Å². The number of carbonyl (C=O) groups excluding carboxylic acids is 1. The number of hydrogen-bond donors (Lipinski definition) is 0. The van der Waals surface area contributed by atoms with E-state index in [4.69, 9.17) is 9.47 Å². The van der Waals surface area contributed by atoms with Gasteiger partial charge in [-0.25, -0.2) is 9.37 Å². The largest absolute Gasteiger partial charge is 0.497 e. The SMILES string of the molecule is COc1ccc(C(=O)N2C[C@@H]3CN(c4nc5ccc(F)cc5s4)C[C@@H]3C2)c(OC)c1. The van der Waals surface area contributed by atoms with Gasteiger partial charge >= 0.3 is 0 Å². The van der Waals surface area contributed by atoms with Gasteiger partial charge < -0.3 is 19.3 Å². The Morgan fingerprint density at radius 3 is 2.53 bits per heavy atom. The number of halogens is 1. The molecule has 30 heavy (non-hydrogen) atoms. The molecule has 1 aromatic heterocycles. The minimum absolute atomic E-state index is 0.00841. The smallest absolute Gasteiger partial charge is 0.257 e. The molecule has 6 nitrogen and oxygen atoms in total. The maximum absolute atomic E-state index is 13.5. The van der Waals surface area contributed by atoms with E-state index in [0.717, 1.165) is 28.4 Å². The summed E-state index contributed by atoms with van der Waals surface area (Å²) in [5.74, 6) is 1.75. The molecule has 2 fully saturated rings. The summed E-state index contributed by atoms with van der Waals surface area (Å²) in [6.07, 6.45) is 0. The molecule has 2 aromatic carbocycles. The first-order chi connectivity index (χ1) is 14.6. The number of amides is 1. The van der Waals surface area contributed by atoms with Crippen LogP contribution in [0.1, 0.15) is 10.4 Å². The molecule has 2 aliphatic heterocycles. The first kappa shape index (κ1) is 19.1. The van der Waals surface area contributed by atoms with Gasteiger partial charge in [0.1, 0.15) is 17.3 Å². The van der Waals surface area contributed by atoms with Crippen LogP contribution in [0, 0.1) is 17.7 Å². The maximum atomic E-state index is 13.5. The second kappa shape index (κ2) is 7.43. The van der Waals surface area contributed by atoms with Crippen LogP contribution in [0.2, 0.25) is 0 Å². The molecule has 3 aromatic rings. The minimum atomic E-state index is -0.237. The van der Waals surface area contributed by atoms with Crippen LogP contribution in [0.4, 0.5) is 9.52 Å². The highest BCUT2D eigenvalue weighted by Crippen LogP contribution is 2.38. The first-order valence-corrected chi connectivity index (χ1v) is 10.7. The van der Waals surface area contributed by atoms with Crippen molar-refractivity contribution in [1.29, 1.82) is 0 Å². The van der Waals surface area contributed by atoms with Crippen LogP contribution in [0.15, 0.2) is 36.4 Å². The number of anilines is 1.